The Morgan fingerprint density at radius 1 is 1.26 bits per heavy atom. The number of β-amino-alcohol motifs (C(OH)–C–C–N with tert-alkyl or cyclic N) is 1. The number of alkyl halides is 2. The minimum Gasteiger partial charge on any atom is -0.492 e. The summed E-state index contributed by atoms with van der Waals surface area (Å²) in [6, 6.07) is 0.0289. The third-order valence-electron chi connectivity index (χ3n) is 5.27. The van der Waals surface area contributed by atoms with Crippen LogP contribution in [0, 0.1) is 0 Å². The summed E-state index contributed by atoms with van der Waals surface area (Å²) >= 11 is 0. The van der Waals surface area contributed by atoms with E-state index in [0.29, 0.717) is 12.1 Å². The van der Waals surface area contributed by atoms with Gasteiger partial charge in [-0.1, -0.05) is 0 Å². The molecule has 2 fully saturated rings. The smallest absolute Gasteiger partial charge is 0.284 e. The molecule has 0 amide bonds. The predicted octanol–water partition coefficient (Wildman–Crippen LogP) is 1.34. The number of rotatable bonds is 5. The van der Waals surface area contributed by atoms with E-state index in [1.165, 1.54) is 7.11 Å². The first-order valence-corrected chi connectivity index (χ1v) is 8.81. The molecule has 146 valence electrons. The second-order valence-corrected chi connectivity index (χ2v) is 7.14. The van der Waals surface area contributed by atoms with Gasteiger partial charge in [0.05, 0.1) is 31.5 Å². The van der Waals surface area contributed by atoms with Crippen molar-refractivity contribution < 1.29 is 18.6 Å². The monoisotopic (exact) mass is 380 g/mol. The maximum atomic E-state index is 13.6. The molecule has 10 heteroatoms. The number of nitrogens with zero attached hydrogens (tertiary/aromatic N) is 6. The highest BCUT2D eigenvalue weighted by Crippen LogP contribution is 2.38. The van der Waals surface area contributed by atoms with E-state index in [1.807, 2.05) is 11.7 Å². The Labute approximate surface area is 155 Å². The number of aromatic nitrogens is 4. The number of likely N-dealkylation sites (tertiary alicyclic amines) is 1. The number of hydrogen-bond donors (Lipinski definition) is 1. The van der Waals surface area contributed by atoms with E-state index in [0.717, 1.165) is 13.1 Å². The van der Waals surface area contributed by atoms with Crippen molar-refractivity contribution >= 4 is 5.95 Å². The zero-order valence-corrected chi connectivity index (χ0v) is 15.4. The Balaban J connectivity index is 1.75. The number of ether oxygens (including phenoxy) is 1. The number of likely N-dealkylation sites (N-methyl/N-ethyl adjacent to an activating group) is 1. The van der Waals surface area contributed by atoms with E-state index in [2.05, 4.69) is 20.0 Å². The molecule has 0 aromatic carbocycles. The van der Waals surface area contributed by atoms with E-state index in [1.54, 1.807) is 24.2 Å². The molecule has 2 saturated heterocycles. The van der Waals surface area contributed by atoms with Gasteiger partial charge in [-0.3, -0.25) is 4.68 Å². The summed E-state index contributed by atoms with van der Waals surface area (Å²) in [6.07, 6.45) is 0.0803. The third-order valence-corrected chi connectivity index (χ3v) is 5.27. The van der Waals surface area contributed by atoms with Crippen LogP contribution in [-0.2, 0) is 0 Å². The van der Waals surface area contributed by atoms with Crippen molar-refractivity contribution in [2.45, 2.75) is 31.5 Å². The number of aliphatic hydroxyl groups is 1. The van der Waals surface area contributed by atoms with Crippen LogP contribution in [-0.4, -0.2) is 75.7 Å². The van der Waals surface area contributed by atoms with Crippen molar-refractivity contribution in [3.05, 3.63) is 18.1 Å². The van der Waals surface area contributed by atoms with Gasteiger partial charge in [-0.2, -0.15) is 5.10 Å². The van der Waals surface area contributed by atoms with E-state index in [9.17, 15) is 13.9 Å². The van der Waals surface area contributed by atoms with Gasteiger partial charge < -0.3 is 19.6 Å². The number of anilines is 1. The molecule has 2 aromatic rings. The SMILES string of the molecule is COc1c(-c2cnn(C3CN(C)C3)c2)nc(N2C[C@@H](O)[C@@H]2C)nc1C(F)F. The Hall–Kier alpha value is -2.33. The van der Waals surface area contributed by atoms with Gasteiger partial charge in [0.25, 0.3) is 6.43 Å². The Morgan fingerprint density at radius 2 is 2.00 bits per heavy atom. The first kappa shape index (κ1) is 18.1. The maximum absolute atomic E-state index is 13.6. The number of methoxy groups -OCH3 is 1. The largest absolute Gasteiger partial charge is 0.492 e. The molecule has 1 N–H and O–H groups in total. The molecule has 0 radical (unpaired) electrons. The topological polar surface area (TPSA) is 79.5 Å². The molecule has 4 heterocycles. The van der Waals surface area contributed by atoms with Crippen molar-refractivity contribution in [2.75, 3.05) is 38.7 Å². The van der Waals surface area contributed by atoms with Crippen LogP contribution in [0.2, 0.25) is 0 Å². The first-order chi connectivity index (χ1) is 12.9. The second kappa shape index (κ2) is 6.68. The molecule has 2 atom stereocenters. The predicted molar refractivity (Wildman–Crippen MR) is 94.1 cm³/mol. The fourth-order valence-corrected chi connectivity index (χ4v) is 3.48. The lowest BCUT2D eigenvalue weighted by Gasteiger charge is -2.43. The lowest BCUT2D eigenvalue weighted by Crippen LogP contribution is -2.59. The van der Waals surface area contributed by atoms with Gasteiger partial charge in [0.15, 0.2) is 11.4 Å². The van der Waals surface area contributed by atoms with Crippen molar-refractivity contribution in [2.24, 2.45) is 0 Å². The lowest BCUT2D eigenvalue weighted by atomic mass is 10.0. The lowest BCUT2D eigenvalue weighted by molar-refractivity contribution is 0.0973. The standard InChI is InChI=1S/C17H22F2N6O2/c1-9-12(26)8-24(9)17-21-13(15(27-3)14(22-17)16(18)19)10-4-20-25(5-10)11-6-23(2)7-11/h4-5,9,11-12,16,26H,6-8H2,1-3H3/t9-,12+/m0/s1. The van der Waals surface area contributed by atoms with Crippen molar-refractivity contribution in [1.29, 1.82) is 0 Å². The van der Waals surface area contributed by atoms with Crippen LogP contribution in [0.4, 0.5) is 14.7 Å². The van der Waals surface area contributed by atoms with Crippen LogP contribution in [0.3, 0.4) is 0 Å². The number of aliphatic hydroxyl groups excluding tert-OH is 1. The summed E-state index contributed by atoms with van der Waals surface area (Å²) < 4.78 is 34.3. The quantitative estimate of drug-likeness (QED) is 0.839. The summed E-state index contributed by atoms with van der Waals surface area (Å²) in [4.78, 5) is 12.4. The molecule has 2 aliphatic rings. The van der Waals surface area contributed by atoms with Crippen LogP contribution >= 0.6 is 0 Å². The Kier molecular flexibility index (Phi) is 4.47. The van der Waals surface area contributed by atoms with Crippen molar-refractivity contribution in [1.82, 2.24) is 24.6 Å². The highest BCUT2D eigenvalue weighted by Gasteiger charge is 2.37. The van der Waals surface area contributed by atoms with Crippen LogP contribution in [0.5, 0.6) is 5.75 Å². The van der Waals surface area contributed by atoms with Gasteiger partial charge in [0.2, 0.25) is 5.95 Å². The molecular formula is C17H22F2N6O2. The Bertz CT molecular complexity index is 839. The molecule has 4 rings (SSSR count). The number of halogens is 2. The molecule has 2 aromatic heterocycles. The summed E-state index contributed by atoms with van der Waals surface area (Å²) in [6.45, 7) is 3.88. The first-order valence-electron chi connectivity index (χ1n) is 8.81. The van der Waals surface area contributed by atoms with Crippen LogP contribution in [0.1, 0.15) is 25.1 Å². The van der Waals surface area contributed by atoms with Gasteiger partial charge in [0.1, 0.15) is 5.69 Å². The van der Waals surface area contributed by atoms with E-state index < -0.39 is 18.2 Å². The summed E-state index contributed by atoms with van der Waals surface area (Å²) in [7, 11) is 3.35. The van der Waals surface area contributed by atoms with Gasteiger partial charge in [-0.15, -0.1) is 0 Å². The average Bonchev–Trinajstić information content (AvgIpc) is 3.11. The maximum Gasteiger partial charge on any atom is 0.284 e. The molecule has 8 nitrogen and oxygen atoms in total. The second-order valence-electron chi connectivity index (χ2n) is 7.14. The van der Waals surface area contributed by atoms with Gasteiger partial charge in [-0.25, -0.2) is 18.7 Å². The van der Waals surface area contributed by atoms with E-state index in [4.69, 9.17) is 4.74 Å². The van der Waals surface area contributed by atoms with E-state index >= 15 is 0 Å². The minimum atomic E-state index is -2.81. The van der Waals surface area contributed by atoms with Gasteiger partial charge >= 0.3 is 0 Å². The van der Waals surface area contributed by atoms with Crippen LogP contribution in [0.15, 0.2) is 12.4 Å². The zero-order valence-electron chi connectivity index (χ0n) is 15.4. The highest BCUT2D eigenvalue weighted by molar-refractivity contribution is 5.68. The normalized spacial score (nSPS) is 23.4. The van der Waals surface area contributed by atoms with Crippen molar-refractivity contribution in [3.8, 4) is 17.0 Å². The average molecular weight is 380 g/mol. The molecule has 0 bridgehead atoms. The molecule has 2 aliphatic heterocycles. The summed E-state index contributed by atoms with van der Waals surface area (Å²) in [5.74, 6) is 0.114. The molecule has 27 heavy (non-hydrogen) atoms. The highest BCUT2D eigenvalue weighted by atomic mass is 19.3. The third kappa shape index (κ3) is 3.02. The van der Waals surface area contributed by atoms with E-state index in [-0.39, 0.29) is 29.5 Å². The molecule has 0 saturated carbocycles. The minimum absolute atomic E-state index is 0.0484. The number of hydrogen-bond acceptors (Lipinski definition) is 7. The van der Waals surface area contributed by atoms with Crippen molar-refractivity contribution in [3.63, 3.8) is 0 Å². The molecule has 0 aliphatic carbocycles. The van der Waals surface area contributed by atoms with Gasteiger partial charge in [0, 0.05) is 31.4 Å². The summed E-state index contributed by atoms with van der Waals surface area (Å²) in [5.41, 5.74) is 0.424. The van der Waals surface area contributed by atoms with Gasteiger partial charge in [-0.05, 0) is 14.0 Å². The Morgan fingerprint density at radius 3 is 2.56 bits per heavy atom. The summed E-state index contributed by atoms with van der Waals surface area (Å²) in [5, 5.41) is 14.1. The fourth-order valence-electron chi connectivity index (χ4n) is 3.48. The van der Waals surface area contributed by atoms with Crippen LogP contribution < -0.4 is 9.64 Å². The molecule has 0 spiro atoms. The zero-order chi connectivity index (χ0) is 19.3. The van der Waals surface area contributed by atoms with Crippen LogP contribution in [0.25, 0.3) is 11.3 Å². The molecule has 0 unspecified atom stereocenters. The molecular weight excluding hydrogens is 358 g/mol. The fraction of sp³-hybridized carbons (Fsp3) is 0.588.